The maximum atomic E-state index is 10.3. The Labute approximate surface area is 140 Å². The number of hydrogen-bond acceptors (Lipinski definition) is 5. The van der Waals surface area contributed by atoms with Crippen LogP contribution >= 0.6 is 0 Å². The molecule has 8 heteroatoms. The summed E-state index contributed by atoms with van der Waals surface area (Å²) in [5.41, 5.74) is -2.14. The van der Waals surface area contributed by atoms with Crippen LogP contribution in [0.5, 0.6) is 0 Å². The Morgan fingerprint density at radius 2 is 1.42 bits per heavy atom. The zero-order valence-electron chi connectivity index (χ0n) is 14.2. The van der Waals surface area contributed by atoms with Gasteiger partial charge in [-0.15, -0.1) is 6.58 Å². The van der Waals surface area contributed by atoms with Crippen LogP contribution < -0.4 is 0 Å². The second-order valence-corrected chi connectivity index (χ2v) is 5.86. The molecule has 0 heterocycles. The van der Waals surface area contributed by atoms with Gasteiger partial charge in [-0.2, -0.15) is 0 Å². The van der Waals surface area contributed by atoms with Crippen LogP contribution in [0, 0.1) is 0 Å². The van der Waals surface area contributed by atoms with Gasteiger partial charge in [0.15, 0.2) is 5.60 Å². The van der Waals surface area contributed by atoms with E-state index in [0.717, 1.165) is 12.8 Å². The van der Waals surface area contributed by atoms with Crippen LogP contribution in [0.2, 0.25) is 0 Å². The van der Waals surface area contributed by atoms with Crippen LogP contribution in [0.25, 0.3) is 0 Å². The van der Waals surface area contributed by atoms with Crippen molar-refractivity contribution in [1.29, 1.82) is 0 Å². The predicted octanol–water partition coefficient (Wildman–Crippen LogP) is 1.42. The SMILES string of the molecule is C=CC(C)(O)CCC=C(C)C.O=C(O)CC(O)(CC(=O)O)C(=O)O. The average Bonchev–Trinajstić information content (AvgIpc) is 2.36. The quantitative estimate of drug-likeness (QED) is 0.393. The topological polar surface area (TPSA) is 152 Å². The minimum Gasteiger partial charge on any atom is -0.481 e. The predicted molar refractivity (Wildman–Crippen MR) is 86.6 cm³/mol. The van der Waals surface area contributed by atoms with Crippen LogP contribution in [0.3, 0.4) is 0 Å². The summed E-state index contributed by atoms with van der Waals surface area (Å²) in [7, 11) is 0. The summed E-state index contributed by atoms with van der Waals surface area (Å²) in [6, 6.07) is 0. The van der Waals surface area contributed by atoms with E-state index in [1.807, 2.05) is 0 Å². The number of carbonyl (C=O) groups is 3. The third kappa shape index (κ3) is 12.4. The first-order valence-corrected chi connectivity index (χ1v) is 7.14. The van der Waals surface area contributed by atoms with E-state index >= 15 is 0 Å². The fraction of sp³-hybridized carbons (Fsp3) is 0.562. The molecule has 0 aromatic carbocycles. The molecule has 0 bridgehead atoms. The fourth-order valence-electron chi connectivity index (χ4n) is 1.47. The molecule has 0 radical (unpaired) electrons. The van der Waals surface area contributed by atoms with Gasteiger partial charge in [0.1, 0.15) is 0 Å². The Hall–Kier alpha value is -2.19. The highest BCUT2D eigenvalue weighted by atomic mass is 16.4. The van der Waals surface area contributed by atoms with Crippen molar-refractivity contribution in [3.63, 3.8) is 0 Å². The average molecular weight is 346 g/mol. The summed E-state index contributed by atoms with van der Waals surface area (Å²) in [5.74, 6) is -5.02. The molecule has 0 aliphatic carbocycles. The van der Waals surface area contributed by atoms with Gasteiger partial charge in [-0.1, -0.05) is 17.7 Å². The lowest BCUT2D eigenvalue weighted by Gasteiger charge is -2.18. The first-order valence-electron chi connectivity index (χ1n) is 7.14. The third-order valence-electron chi connectivity index (χ3n) is 2.93. The van der Waals surface area contributed by atoms with Crippen LogP contribution in [0.4, 0.5) is 0 Å². The van der Waals surface area contributed by atoms with Crippen LogP contribution in [-0.2, 0) is 14.4 Å². The van der Waals surface area contributed by atoms with Gasteiger partial charge >= 0.3 is 17.9 Å². The van der Waals surface area contributed by atoms with Gasteiger partial charge in [-0.05, 0) is 33.6 Å². The van der Waals surface area contributed by atoms with Crippen molar-refractivity contribution in [2.45, 2.75) is 57.7 Å². The van der Waals surface area contributed by atoms with Crippen molar-refractivity contribution in [1.82, 2.24) is 0 Å². The number of hydrogen-bond donors (Lipinski definition) is 5. The smallest absolute Gasteiger partial charge is 0.336 e. The van der Waals surface area contributed by atoms with Gasteiger partial charge in [-0.3, -0.25) is 9.59 Å². The first-order chi connectivity index (χ1) is 10.8. The largest absolute Gasteiger partial charge is 0.481 e. The molecule has 0 fully saturated rings. The summed E-state index contributed by atoms with van der Waals surface area (Å²) >= 11 is 0. The van der Waals surface area contributed by atoms with E-state index in [0.29, 0.717) is 0 Å². The molecule has 1 unspecified atom stereocenters. The molecule has 0 saturated carbocycles. The highest BCUT2D eigenvalue weighted by Gasteiger charge is 2.40. The van der Waals surface area contributed by atoms with Crippen molar-refractivity contribution >= 4 is 17.9 Å². The number of allylic oxidation sites excluding steroid dienone is 2. The Bertz CT molecular complexity index is 470. The van der Waals surface area contributed by atoms with Gasteiger partial charge in [-0.25, -0.2) is 4.79 Å². The molecule has 0 aromatic rings. The second-order valence-electron chi connectivity index (χ2n) is 5.86. The number of aliphatic carboxylic acids is 3. The van der Waals surface area contributed by atoms with E-state index in [-0.39, 0.29) is 0 Å². The van der Waals surface area contributed by atoms with Crippen molar-refractivity contribution < 1.29 is 39.9 Å². The maximum Gasteiger partial charge on any atom is 0.336 e. The summed E-state index contributed by atoms with van der Waals surface area (Å²) in [6.07, 6.45) is 3.09. The zero-order valence-corrected chi connectivity index (χ0v) is 14.2. The lowest BCUT2D eigenvalue weighted by atomic mass is 9.96. The minimum atomic E-state index is -2.74. The lowest BCUT2D eigenvalue weighted by Crippen LogP contribution is -2.42. The molecule has 1 atom stereocenters. The van der Waals surface area contributed by atoms with Crippen molar-refractivity contribution in [2.24, 2.45) is 0 Å². The van der Waals surface area contributed by atoms with Crippen molar-refractivity contribution in [3.05, 3.63) is 24.3 Å². The summed E-state index contributed by atoms with van der Waals surface area (Å²) in [5, 5.41) is 43.3. The molecule has 0 amide bonds. The molecule has 0 saturated heterocycles. The lowest BCUT2D eigenvalue weighted by molar-refractivity contribution is -0.170. The molecule has 0 spiro atoms. The number of aliphatic hydroxyl groups is 2. The van der Waals surface area contributed by atoms with Crippen LogP contribution in [0.1, 0.15) is 46.5 Å². The molecule has 0 aromatic heterocycles. The highest BCUT2D eigenvalue weighted by Crippen LogP contribution is 2.15. The Morgan fingerprint density at radius 1 is 1.00 bits per heavy atom. The monoisotopic (exact) mass is 346 g/mol. The van der Waals surface area contributed by atoms with E-state index in [9.17, 15) is 19.5 Å². The molecule has 138 valence electrons. The van der Waals surface area contributed by atoms with E-state index in [4.69, 9.17) is 20.4 Å². The first kappa shape index (κ1) is 24.1. The van der Waals surface area contributed by atoms with E-state index < -0.39 is 42.0 Å². The Balaban J connectivity index is 0. The standard InChI is InChI=1S/C10H18O.C6H8O7/c1-5-10(4,11)8-6-7-9(2)3;7-3(8)1-6(13,5(11)12)2-4(9)10/h5,7,11H,1,6,8H2,2-4H3;13H,1-2H2,(H,7,8)(H,9,10)(H,11,12). The second kappa shape index (κ2) is 10.6. The van der Waals surface area contributed by atoms with Crippen molar-refractivity contribution in [2.75, 3.05) is 0 Å². The summed E-state index contributed by atoms with van der Waals surface area (Å²) < 4.78 is 0. The Morgan fingerprint density at radius 3 is 1.67 bits per heavy atom. The molecule has 0 aliphatic heterocycles. The van der Waals surface area contributed by atoms with Crippen molar-refractivity contribution in [3.8, 4) is 0 Å². The Kier molecular flexibility index (Phi) is 10.6. The number of carboxylic acids is 3. The van der Waals surface area contributed by atoms with Gasteiger partial charge in [0.2, 0.25) is 0 Å². The molecule has 0 aliphatic rings. The van der Waals surface area contributed by atoms with E-state index in [2.05, 4.69) is 26.5 Å². The zero-order chi connectivity index (χ0) is 19.6. The summed E-state index contributed by atoms with van der Waals surface area (Å²) in [6.45, 7) is 9.45. The normalized spacial score (nSPS) is 12.9. The molecular formula is C16H26O8. The molecule has 0 rings (SSSR count). The van der Waals surface area contributed by atoms with Gasteiger partial charge in [0.05, 0.1) is 18.4 Å². The van der Waals surface area contributed by atoms with Gasteiger partial charge in [0, 0.05) is 0 Å². The minimum absolute atomic E-state index is 0.702. The maximum absolute atomic E-state index is 10.3. The van der Waals surface area contributed by atoms with Crippen LogP contribution in [0.15, 0.2) is 24.3 Å². The molecular weight excluding hydrogens is 320 g/mol. The molecule has 24 heavy (non-hydrogen) atoms. The number of rotatable bonds is 9. The number of carboxylic acid groups (broad SMARTS) is 3. The van der Waals surface area contributed by atoms with E-state index in [1.54, 1.807) is 13.0 Å². The molecule has 8 nitrogen and oxygen atoms in total. The van der Waals surface area contributed by atoms with E-state index in [1.165, 1.54) is 5.57 Å². The summed E-state index contributed by atoms with van der Waals surface area (Å²) in [4.78, 5) is 30.5. The molecule has 5 N–H and O–H groups in total. The van der Waals surface area contributed by atoms with Gasteiger partial charge < -0.3 is 25.5 Å². The fourth-order valence-corrected chi connectivity index (χ4v) is 1.47. The highest BCUT2D eigenvalue weighted by molar-refractivity contribution is 5.88. The third-order valence-corrected chi connectivity index (χ3v) is 2.93. The van der Waals surface area contributed by atoms with Gasteiger partial charge in [0.25, 0.3) is 0 Å². The van der Waals surface area contributed by atoms with Crippen LogP contribution in [-0.4, -0.2) is 54.6 Å².